The maximum atomic E-state index is 14.1. The molecule has 6 aromatic rings. The number of aromatic nitrogens is 2. The first-order valence-electron chi connectivity index (χ1n) is 16.0. The lowest BCUT2D eigenvalue weighted by Crippen LogP contribution is -2.20. The van der Waals surface area contributed by atoms with Crippen molar-refractivity contribution in [2.24, 2.45) is 0 Å². The zero-order chi connectivity index (χ0) is 34.7. The zero-order valence-electron chi connectivity index (χ0n) is 28.1. The highest BCUT2D eigenvalue weighted by Gasteiger charge is 2.29. The summed E-state index contributed by atoms with van der Waals surface area (Å²) in [5.41, 5.74) is 7.03. The van der Waals surface area contributed by atoms with Gasteiger partial charge in [0.25, 0.3) is 0 Å². The van der Waals surface area contributed by atoms with Gasteiger partial charge in [-0.3, -0.25) is 4.79 Å². The van der Waals surface area contributed by atoms with Crippen LogP contribution >= 0.6 is 11.6 Å². The number of hydrogen-bond donors (Lipinski definition) is 0. The number of carbonyl (C=O) groups is 2. The van der Waals surface area contributed by atoms with E-state index < -0.39 is 18.0 Å². The fourth-order valence-corrected chi connectivity index (χ4v) is 6.29. The normalized spacial score (nSPS) is 12.4. The lowest BCUT2D eigenvalue weighted by atomic mass is 9.89. The van der Waals surface area contributed by atoms with Crippen LogP contribution in [0.1, 0.15) is 68.2 Å². The monoisotopic (exact) mass is 672 g/mol. The molecule has 0 fully saturated rings. The molecule has 1 aromatic heterocycles. The third-order valence-electron chi connectivity index (χ3n) is 8.92. The van der Waals surface area contributed by atoms with Crippen molar-refractivity contribution in [2.75, 3.05) is 7.11 Å². The number of halogens is 1. The molecule has 2 unspecified atom stereocenters. The molecule has 5 aromatic carbocycles. The van der Waals surface area contributed by atoms with Crippen molar-refractivity contribution >= 4 is 34.3 Å². The van der Waals surface area contributed by atoms with Crippen LogP contribution in [-0.4, -0.2) is 28.6 Å². The number of nitrogens with zero attached hydrogens (tertiary/aromatic N) is 2. The van der Waals surface area contributed by atoms with Crippen LogP contribution in [0, 0.1) is 20.8 Å². The molecule has 0 aliphatic rings. The molecular formula is C41H37ClN2O5. The molecule has 1 heterocycles. The number of rotatable bonds is 10. The molecule has 0 aliphatic heterocycles. The summed E-state index contributed by atoms with van der Waals surface area (Å²) in [6, 6.07) is 28.7. The van der Waals surface area contributed by atoms with Gasteiger partial charge in [-0.05, 0) is 103 Å². The Labute approximate surface area is 291 Å². The van der Waals surface area contributed by atoms with Crippen molar-refractivity contribution in [1.82, 2.24) is 9.55 Å². The Balaban J connectivity index is 1.35. The summed E-state index contributed by atoms with van der Waals surface area (Å²) in [5, 5.41) is 2.56. The molecule has 0 saturated carbocycles. The van der Waals surface area contributed by atoms with E-state index in [0.29, 0.717) is 10.6 Å². The van der Waals surface area contributed by atoms with Gasteiger partial charge in [-0.1, -0.05) is 60.1 Å². The van der Waals surface area contributed by atoms with E-state index in [1.54, 1.807) is 37.8 Å². The van der Waals surface area contributed by atoms with Crippen molar-refractivity contribution < 1.29 is 23.8 Å². The van der Waals surface area contributed by atoms with E-state index in [1.807, 2.05) is 111 Å². The van der Waals surface area contributed by atoms with E-state index in [1.165, 1.54) is 0 Å². The standard InChI is InChI=1S/C41H37ClN2O5/c1-25-10-14-34(44-17-16-43-24-44)22-36(25)39(49-40(45)28(4)29-11-12-31-21-35(47-5)15-13-30(31)20-29)38-26(2)18-33(19-27(38)3)41(46)48-23-32-8-6-7-9-37(32)42/h6-22,24,28,39H,23H2,1-5H3. The van der Waals surface area contributed by atoms with Gasteiger partial charge in [0.05, 0.1) is 24.9 Å². The minimum atomic E-state index is -0.753. The van der Waals surface area contributed by atoms with Crippen molar-refractivity contribution in [3.8, 4) is 11.4 Å². The number of imidazole rings is 1. The van der Waals surface area contributed by atoms with Gasteiger partial charge in [-0.25, -0.2) is 9.78 Å². The second-order valence-electron chi connectivity index (χ2n) is 12.2. The van der Waals surface area contributed by atoms with Gasteiger partial charge >= 0.3 is 11.9 Å². The molecule has 0 amide bonds. The fraction of sp³-hybridized carbons (Fsp3) is 0.195. The van der Waals surface area contributed by atoms with Crippen molar-refractivity contribution in [3.63, 3.8) is 0 Å². The minimum Gasteiger partial charge on any atom is -0.497 e. The quantitative estimate of drug-likeness (QED) is 0.135. The zero-order valence-corrected chi connectivity index (χ0v) is 28.8. The lowest BCUT2D eigenvalue weighted by Gasteiger charge is -2.26. The third-order valence-corrected chi connectivity index (χ3v) is 9.28. The maximum Gasteiger partial charge on any atom is 0.338 e. The van der Waals surface area contributed by atoms with Crippen LogP contribution in [-0.2, 0) is 20.9 Å². The fourth-order valence-electron chi connectivity index (χ4n) is 6.10. The Morgan fingerprint density at radius 2 is 1.59 bits per heavy atom. The predicted octanol–water partition coefficient (Wildman–Crippen LogP) is 9.41. The second-order valence-corrected chi connectivity index (χ2v) is 12.6. The van der Waals surface area contributed by atoms with Crippen LogP contribution in [0.4, 0.5) is 0 Å². The summed E-state index contributed by atoms with van der Waals surface area (Å²) >= 11 is 6.27. The van der Waals surface area contributed by atoms with E-state index in [2.05, 4.69) is 4.98 Å². The number of aryl methyl sites for hydroxylation is 3. The topological polar surface area (TPSA) is 79.7 Å². The van der Waals surface area contributed by atoms with Gasteiger partial charge in [-0.2, -0.15) is 0 Å². The van der Waals surface area contributed by atoms with Crippen LogP contribution < -0.4 is 4.74 Å². The Hall–Kier alpha value is -5.40. The minimum absolute atomic E-state index is 0.0546. The smallest absolute Gasteiger partial charge is 0.338 e. The first kappa shape index (κ1) is 33.5. The molecule has 2 atom stereocenters. The van der Waals surface area contributed by atoms with Gasteiger partial charge in [0.15, 0.2) is 6.10 Å². The van der Waals surface area contributed by atoms with E-state index in [4.69, 9.17) is 25.8 Å². The Morgan fingerprint density at radius 3 is 2.31 bits per heavy atom. The Kier molecular flexibility index (Phi) is 9.83. The largest absolute Gasteiger partial charge is 0.497 e. The van der Waals surface area contributed by atoms with Crippen LogP contribution in [0.5, 0.6) is 5.75 Å². The molecular weight excluding hydrogens is 636 g/mol. The summed E-state index contributed by atoms with van der Waals surface area (Å²) < 4.78 is 19.4. The van der Waals surface area contributed by atoms with E-state index in [9.17, 15) is 9.59 Å². The van der Waals surface area contributed by atoms with Gasteiger partial charge in [0.1, 0.15) is 12.4 Å². The third kappa shape index (κ3) is 7.22. The molecule has 7 nitrogen and oxygen atoms in total. The maximum absolute atomic E-state index is 14.1. The van der Waals surface area contributed by atoms with Gasteiger partial charge in [0.2, 0.25) is 0 Å². The van der Waals surface area contributed by atoms with Crippen LogP contribution in [0.15, 0.2) is 110 Å². The molecule has 0 aliphatic carbocycles. The number of benzene rings is 5. The van der Waals surface area contributed by atoms with Crippen molar-refractivity contribution in [2.45, 2.75) is 46.3 Å². The lowest BCUT2D eigenvalue weighted by molar-refractivity contribution is -0.149. The molecule has 0 saturated heterocycles. The average Bonchev–Trinajstić information content (AvgIpc) is 3.65. The van der Waals surface area contributed by atoms with Crippen molar-refractivity contribution in [3.05, 3.63) is 159 Å². The number of carbonyl (C=O) groups excluding carboxylic acids is 2. The molecule has 8 heteroatoms. The van der Waals surface area contributed by atoms with Crippen molar-refractivity contribution in [1.29, 1.82) is 0 Å². The first-order valence-corrected chi connectivity index (χ1v) is 16.4. The SMILES string of the molecule is COc1ccc2cc(C(C)C(=O)OC(c3cc(-n4ccnc4)ccc3C)c3c(C)cc(C(=O)OCc4ccccc4Cl)cc3C)ccc2c1. The summed E-state index contributed by atoms with van der Waals surface area (Å²) in [5.74, 6) is -0.611. The average molecular weight is 673 g/mol. The summed E-state index contributed by atoms with van der Waals surface area (Å²) in [7, 11) is 1.64. The molecule has 49 heavy (non-hydrogen) atoms. The molecule has 0 spiro atoms. The van der Waals surface area contributed by atoms with Gasteiger partial charge in [0, 0.05) is 39.8 Å². The Bertz CT molecular complexity index is 2130. The van der Waals surface area contributed by atoms with Crippen LogP contribution in [0.25, 0.3) is 16.5 Å². The molecule has 0 N–H and O–H groups in total. The highest BCUT2D eigenvalue weighted by molar-refractivity contribution is 6.31. The van der Waals surface area contributed by atoms with Gasteiger partial charge < -0.3 is 18.8 Å². The van der Waals surface area contributed by atoms with E-state index in [0.717, 1.165) is 61.2 Å². The summed E-state index contributed by atoms with van der Waals surface area (Å²) in [6.07, 6.45) is 4.56. The van der Waals surface area contributed by atoms with E-state index in [-0.39, 0.29) is 12.6 Å². The number of fused-ring (bicyclic) bond motifs is 1. The molecule has 248 valence electrons. The second kappa shape index (κ2) is 14.4. The van der Waals surface area contributed by atoms with E-state index >= 15 is 0 Å². The highest BCUT2D eigenvalue weighted by Crippen LogP contribution is 2.37. The first-order chi connectivity index (χ1) is 23.6. The van der Waals surface area contributed by atoms with Crippen LogP contribution in [0.2, 0.25) is 5.02 Å². The predicted molar refractivity (Wildman–Crippen MR) is 192 cm³/mol. The number of esters is 2. The molecule has 0 bridgehead atoms. The number of methoxy groups -OCH3 is 1. The highest BCUT2D eigenvalue weighted by atomic mass is 35.5. The molecule has 0 radical (unpaired) electrons. The number of hydrogen-bond acceptors (Lipinski definition) is 6. The Morgan fingerprint density at radius 1 is 0.857 bits per heavy atom. The molecule has 6 rings (SSSR count). The van der Waals surface area contributed by atoms with Gasteiger partial charge in [-0.15, -0.1) is 0 Å². The summed E-state index contributed by atoms with van der Waals surface area (Å²) in [6.45, 7) is 7.75. The summed E-state index contributed by atoms with van der Waals surface area (Å²) in [4.78, 5) is 31.5. The van der Waals surface area contributed by atoms with Crippen LogP contribution in [0.3, 0.4) is 0 Å². The number of ether oxygens (including phenoxy) is 3.